The van der Waals surface area contributed by atoms with E-state index in [1.165, 1.54) is 0 Å². The van der Waals surface area contributed by atoms with Crippen molar-refractivity contribution in [1.29, 1.82) is 0 Å². The number of halogens is 1. The van der Waals surface area contributed by atoms with Gasteiger partial charge in [-0.2, -0.15) is 0 Å². The lowest BCUT2D eigenvalue weighted by Crippen LogP contribution is -2.58. The fraction of sp³-hybridized carbons (Fsp3) is 0.588. The molecule has 0 saturated carbocycles. The Balaban J connectivity index is 1.71. The van der Waals surface area contributed by atoms with E-state index in [2.05, 4.69) is 23.7 Å². The van der Waals surface area contributed by atoms with E-state index in [9.17, 15) is 4.39 Å². The van der Waals surface area contributed by atoms with Gasteiger partial charge in [-0.25, -0.2) is 9.37 Å². The Morgan fingerprint density at radius 3 is 2.78 bits per heavy atom. The zero-order chi connectivity index (χ0) is 16.1. The summed E-state index contributed by atoms with van der Waals surface area (Å²) in [6, 6.07) is 1.93. The number of aromatic nitrogens is 2. The van der Waals surface area contributed by atoms with Crippen LogP contribution in [-0.2, 0) is 16.1 Å². The van der Waals surface area contributed by atoms with Gasteiger partial charge in [-0.05, 0) is 6.07 Å². The Morgan fingerprint density at radius 1 is 1.30 bits per heavy atom. The van der Waals surface area contributed by atoms with Crippen molar-refractivity contribution < 1.29 is 13.9 Å². The third-order valence-electron chi connectivity index (χ3n) is 5.13. The van der Waals surface area contributed by atoms with Crippen LogP contribution in [0.3, 0.4) is 0 Å². The van der Waals surface area contributed by atoms with Gasteiger partial charge in [0.05, 0.1) is 36.9 Å². The first-order valence-corrected chi connectivity index (χ1v) is 8.08. The Hall–Kier alpha value is -1.66. The van der Waals surface area contributed by atoms with Crippen LogP contribution in [0.5, 0.6) is 0 Å². The second-order valence-electron chi connectivity index (χ2n) is 7.06. The summed E-state index contributed by atoms with van der Waals surface area (Å²) in [6.45, 7) is 6.81. The largest absolute Gasteiger partial charge is 0.369 e. The number of ether oxygens (including phenoxy) is 2. The number of nitrogens with zero attached hydrogens (tertiary/aromatic N) is 3. The van der Waals surface area contributed by atoms with Crippen LogP contribution in [0.1, 0.15) is 25.8 Å². The average molecular weight is 319 g/mol. The first kappa shape index (κ1) is 14.9. The second-order valence-corrected chi connectivity index (χ2v) is 7.06. The lowest BCUT2D eigenvalue weighted by molar-refractivity contribution is -0.235. The molecule has 23 heavy (non-hydrogen) atoms. The molecule has 2 aliphatic heterocycles. The van der Waals surface area contributed by atoms with Gasteiger partial charge in [-0.15, -0.1) is 0 Å². The summed E-state index contributed by atoms with van der Waals surface area (Å²) in [5.41, 5.74) is 2.54. The molecular weight excluding hydrogens is 297 g/mol. The fourth-order valence-electron chi connectivity index (χ4n) is 3.89. The number of fused-ring (bicyclic) bond motifs is 1. The van der Waals surface area contributed by atoms with E-state index in [0.717, 1.165) is 30.7 Å². The topological polar surface area (TPSA) is 39.0 Å². The molecule has 0 aromatic carbocycles. The number of piperidine rings is 1. The Morgan fingerprint density at radius 2 is 2.09 bits per heavy atom. The first-order chi connectivity index (χ1) is 11.0. The second kappa shape index (κ2) is 5.18. The first-order valence-electron chi connectivity index (χ1n) is 8.08. The zero-order valence-corrected chi connectivity index (χ0v) is 13.6. The highest BCUT2D eigenvalue weighted by Crippen LogP contribution is 2.46. The molecular formula is C17H22FN3O2. The maximum Gasteiger partial charge on any atom is 0.176 e. The van der Waals surface area contributed by atoms with Crippen molar-refractivity contribution in [1.82, 2.24) is 9.38 Å². The standard InChI is InChI=1S/C17H22FN3O2/c1-16(2)11-20(4-3-17(16)22-5-6-23-17)14-7-13(8-18)10-21-12-19-9-15(14)21/h7,9-10,12H,3-6,8,11H2,1-2H3. The van der Waals surface area contributed by atoms with Gasteiger partial charge in [-0.1, -0.05) is 13.8 Å². The molecule has 2 fully saturated rings. The highest BCUT2D eigenvalue weighted by atomic mass is 19.1. The van der Waals surface area contributed by atoms with E-state index in [0.29, 0.717) is 18.8 Å². The highest BCUT2D eigenvalue weighted by Gasteiger charge is 2.53. The molecule has 2 aliphatic rings. The molecule has 0 radical (unpaired) electrons. The van der Waals surface area contributed by atoms with Crippen molar-refractivity contribution in [3.8, 4) is 0 Å². The molecule has 4 heterocycles. The molecule has 2 aromatic heterocycles. The molecule has 0 amide bonds. The number of rotatable bonds is 2. The highest BCUT2D eigenvalue weighted by molar-refractivity contribution is 5.73. The summed E-state index contributed by atoms with van der Waals surface area (Å²) in [7, 11) is 0. The summed E-state index contributed by atoms with van der Waals surface area (Å²) in [5, 5.41) is 0. The van der Waals surface area contributed by atoms with Crippen LogP contribution in [-0.4, -0.2) is 41.5 Å². The molecule has 0 atom stereocenters. The Labute approximate surface area is 135 Å². The monoisotopic (exact) mass is 319 g/mol. The van der Waals surface area contributed by atoms with Gasteiger partial charge in [-0.3, -0.25) is 0 Å². The molecule has 2 aromatic rings. The molecule has 4 rings (SSSR count). The summed E-state index contributed by atoms with van der Waals surface area (Å²) in [6.07, 6.45) is 6.15. The smallest absolute Gasteiger partial charge is 0.176 e. The molecule has 0 unspecified atom stereocenters. The Bertz CT molecular complexity index is 722. The SMILES string of the molecule is CC1(C)CN(c2cc(CF)cn3cncc23)CCC12OCCO2. The van der Waals surface area contributed by atoms with Crippen molar-refractivity contribution in [2.45, 2.75) is 32.7 Å². The van der Waals surface area contributed by atoms with Crippen LogP contribution in [0.4, 0.5) is 10.1 Å². The summed E-state index contributed by atoms with van der Waals surface area (Å²) < 4.78 is 27.0. The van der Waals surface area contributed by atoms with Gasteiger partial charge in [0.25, 0.3) is 0 Å². The molecule has 5 nitrogen and oxygen atoms in total. The van der Waals surface area contributed by atoms with Gasteiger partial charge in [0, 0.05) is 36.7 Å². The number of imidazole rings is 1. The predicted molar refractivity (Wildman–Crippen MR) is 85.3 cm³/mol. The minimum Gasteiger partial charge on any atom is -0.369 e. The number of pyridine rings is 1. The van der Waals surface area contributed by atoms with E-state index in [-0.39, 0.29) is 5.41 Å². The summed E-state index contributed by atoms with van der Waals surface area (Å²) >= 11 is 0. The van der Waals surface area contributed by atoms with Gasteiger partial charge in [0.15, 0.2) is 5.79 Å². The molecule has 2 saturated heterocycles. The minimum atomic E-state index is -0.488. The van der Waals surface area contributed by atoms with Crippen molar-refractivity contribution >= 4 is 11.2 Å². The molecule has 124 valence electrons. The number of hydrogen-bond acceptors (Lipinski definition) is 4. The van der Waals surface area contributed by atoms with E-state index in [4.69, 9.17) is 9.47 Å². The average Bonchev–Trinajstić information content (AvgIpc) is 3.19. The van der Waals surface area contributed by atoms with Crippen LogP contribution in [0, 0.1) is 5.41 Å². The summed E-state index contributed by atoms with van der Waals surface area (Å²) in [5.74, 6) is -0.488. The molecule has 6 heteroatoms. The maximum absolute atomic E-state index is 13.2. The normalized spacial score (nSPS) is 23.0. The van der Waals surface area contributed by atoms with Crippen molar-refractivity contribution in [3.05, 3.63) is 30.4 Å². The summed E-state index contributed by atoms with van der Waals surface area (Å²) in [4.78, 5) is 6.50. The third kappa shape index (κ3) is 2.23. The fourth-order valence-corrected chi connectivity index (χ4v) is 3.89. The van der Waals surface area contributed by atoms with Crippen molar-refractivity contribution in [2.24, 2.45) is 5.41 Å². The number of hydrogen-bond donors (Lipinski definition) is 0. The lowest BCUT2D eigenvalue weighted by Gasteiger charge is -2.50. The zero-order valence-electron chi connectivity index (χ0n) is 13.6. The molecule has 0 aliphatic carbocycles. The Kier molecular flexibility index (Phi) is 3.35. The molecule has 0 bridgehead atoms. The van der Waals surface area contributed by atoms with Gasteiger partial charge >= 0.3 is 0 Å². The van der Waals surface area contributed by atoms with Crippen LogP contribution in [0.15, 0.2) is 24.8 Å². The quantitative estimate of drug-likeness (QED) is 0.853. The van der Waals surface area contributed by atoms with E-state index in [1.807, 2.05) is 16.7 Å². The third-order valence-corrected chi connectivity index (χ3v) is 5.13. The van der Waals surface area contributed by atoms with E-state index in [1.54, 1.807) is 12.5 Å². The molecule has 0 N–H and O–H groups in total. The number of anilines is 1. The van der Waals surface area contributed by atoms with E-state index < -0.39 is 12.5 Å². The van der Waals surface area contributed by atoms with Crippen LogP contribution in [0.25, 0.3) is 5.52 Å². The van der Waals surface area contributed by atoms with E-state index >= 15 is 0 Å². The lowest BCUT2D eigenvalue weighted by atomic mass is 9.77. The van der Waals surface area contributed by atoms with Gasteiger partial charge < -0.3 is 18.8 Å². The number of alkyl halides is 1. The van der Waals surface area contributed by atoms with Crippen LogP contribution >= 0.6 is 0 Å². The van der Waals surface area contributed by atoms with Crippen LogP contribution in [0.2, 0.25) is 0 Å². The van der Waals surface area contributed by atoms with Gasteiger partial charge in [0.2, 0.25) is 0 Å². The van der Waals surface area contributed by atoms with Crippen LogP contribution < -0.4 is 4.90 Å². The molecule has 1 spiro atoms. The maximum atomic E-state index is 13.2. The van der Waals surface area contributed by atoms with Crippen molar-refractivity contribution in [2.75, 3.05) is 31.2 Å². The van der Waals surface area contributed by atoms with Gasteiger partial charge in [0.1, 0.15) is 6.67 Å². The predicted octanol–water partition coefficient (Wildman–Crippen LogP) is 2.78. The van der Waals surface area contributed by atoms with Crippen molar-refractivity contribution in [3.63, 3.8) is 0 Å². The minimum absolute atomic E-state index is 0.148.